The van der Waals surface area contributed by atoms with E-state index in [1.54, 1.807) is 30.3 Å². The summed E-state index contributed by atoms with van der Waals surface area (Å²) in [4.78, 5) is 22.5. The molecule has 3 aromatic rings. The van der Waals surface area contributed by atoms with Crippen molar-refractivity contribution in [3.05, 3.63) is 112 Å². The topological polar surface area (TPSA) is 147 Å². The Bertz CT molecular complexity index is 1410. The second-order valence-electron chi connectivity index (χ2n) is 7.81. The Morgan fingerprint density at radius 3 is 2.38 bits per heavy atom. The third-order valence-corrected chi connectivity index (χ3v) is 5.41. The average Bonchev–Trinajstić information content (AvgIpc) is 2.90. The fourth-order valence-corrected chi connectivity index (χ4v) is 3.72. The van der Waals surface area contributed by atoms with Gasteiger partial charge in [-0.25, -0.2) is 4.79 Å². The maximum Gasteiger partial charge on any atom is 0.349 e. The lowest BCUT2D eigenvalue weighted by atomic mass is 9.83. The molecule has 0 saturated carbocycles. The van der Waals surface area contributed by atoms with Gasteiger partial charge in [-0.05, 0) is 35.9 Å². The second-order valence-corrected chi connectivity index (χ2v) is 7.81. The van der Waals surface area contributed by atoms with Gasteiger partial charge in [-0.15, -0.1) is 0 Å². The van der Waals surface area contributed by atoms with Crippen LogP contribution in [0.5, 0.6) is 23.0 Å². The standard InChI is InChI=1S/C27H21N3O7/c1-2-13-34-19-7-3-17(4-8-19)26-22-12-11-21(14-24(22)37-27(29)23(26)15-28)36-25(31)16-35-20-9-5-18(6-10-20)30(32)33/h2-12,14,26H,1,13,16,29H2. The van der Waals surface area contributed by atoms with Crippen LogP contribution in [-0.2, 0) is 4.79 Å². The van der Waals surface area contributed by atoms with Crippen molar-refractivity contribution >= 4 is 11.7 Å². The van der Waals surface area contributed by atoms with Crippen molar-refractivity contribution in [3.8, 4) is 29.1 Å². The van der Waals surface area contributed by atoms with Crippen LogP contribution in [0.1, 0.15) is 17.0 Å². The van der Waals surface area contributed by atoms with Crippen LogP contribution < -0.4 is 24.7 Å². The summed E-state index contributed by atoms with van der Waals surface area (Å²) < 4.78 is 21.9. The molecule has 0 aliphatic carbocycles. The molecular formula is C27H21N3O7. The Morgan fingerprint density at radius 2 is 1.73 bits per heavy atom. The van der Waals surface area contributed by atoms with Crippen molar-refractivity contribution in [2.45, 2.75) is 5.92 Å². The summed E-state index contributed by atoms with van der Waals surface area (Å²) in [5.74, 6) is 0.245. The summed E-state index contributed by atoms with van der Waals surface area (Å²) in [6, 6.07) is 19.5. The van der Waals surface area contributed by atoms with E-state index in [-0.39, 0.29) is 28.6 Å². The van der Waals surface area contributed by atoms with Crippen molar-refractivity contribution in [2.24, 2.45) is 5.73 Å². The molecule has 186 valence electrons. The highest BCUT2D eigenvalue weighted by Gasteiger charge is 2.31. The van der Waals surface area contributed by atoms with Crippen molar-refractivity contribution in [2.75, 3.05) is 13.2 Å². The molecule has 0 bridgehead atoms. The van der Waals surface area contributed by atoms with Gasteiger partial charge in [-0.1, -0.05) is 30.9 Å². The van der Waals surface area contributed by atoms with Crippen LogP contribution in [0, 0.1) is 21.4 Å². The first-order chi connectivity index (χ1) is 17.9. The normalized spacial score (nSPS) is 14.0. The summed E-state index contributed by atoms with van der Waals surface area (Å²) in [6.45, 7) is 3.58. The van der Waals surface area contributed by atoms with Crippen LogP contribution in [0.15, 0.2) is 90.8 Å². The van der Waals surface area contributed by atoms with Crippen molar-refractivity contribution in [3.63, 3.8) is 0 Å². The maximum atomic E-state index is 12.3. The van der Waals surface area contributed by atoms with Gasteiger partial charge in [-0.3, -0.25) is 10.1 Å². The van der Waals surface area contributed by atoms with Crippen LogP contribution in [0.25, 0.3) is 0 Å². The second kappa shape index (κ2) is 11.0. The Morgan fingerprint density at radius 1 is 1.08 bits per heavy atom. The highest BCUT2D eigenvalue weighted by atomic mass is 16.6. The zero-order chi connectivity index (χ0) is 26.4. The molecule has 1 aliphatic rings. The van der Waals surface area contributed by atoms with E-state index in [4.69, 9.17) is 24.7 Å². The number of nitrogens with zero attached hydrogens (tertiary/aromatic N) is 2. The van der Waals surface area contributed by atoms with Gasteiger partial charge in [0.25, 0.3) is 5.69 Å². The first-order valence-corrected chi connectivity index (χ1v) is 11.0. The summed E-state index contributed by atoms with van der Waals surface area (Å²) in [5.41, 5.74) is 7.69. The van der Waals surface area contributed by atoms with Gasteiger partial charge in [-0.2, -0.15) is 5.26 Å². The Balaban J connectivity index is 1.49. The number of allylic oxidation sites excluding steroid dienone is 1. The molecule has 2 N–H and O–H groups in total. The molecule has 1 aliphatic heterocycles. The number of rotatable bonds is 9. The fraction of sp³-hybridized carbons (Fsp3) is 0.111. The number of nitriles is 1. The first-order valence-electron chi connectivity index (χ1n) is 11.0. The van der Waals surface area contributed by atoms with Crippen LogP contribution in [0.2, 0.25) is 0 Å². The quantitative estimate of drug-likeness (QED) is 0.149. The summed E-state index contributed by atoms with van der Waals surface area (Å²) in [5, 5.41) is 20.5. The van der Waals surface area contributed by atoms with E-state index < -0.39 is 23.4 Å². The number of hydrogen-bond acceptors (Lipinski definition) is 9. The van der Waals surface area contributed by atoms with E-state index in [0.29, 0.717) is 23.7 Å². The molecular weight excluding hydrogens is 478 g/mol. The van der Waals surface area contributed by atoms with Gasteiger partial charge >= 0.3 is 5.97 Å². The van der Waals surface area contributed by atoms with Crippen molar-refractivity contribution in [1.82, 2.24) is 0 Å². The molecule has 0 fully saturated rings. The molecule has 3 aromatic carbocycles. The molecule has 0 amide bonds. The maximum absolute atomic E-state index is 12.3. The lowest BCUT2D eigenvalue weighted by molar-refractivity contribution is -0.384. The highest BCUT2D eigenvalue weighted by Crippen LogP contribution is 2.43. The zero-order valence-electron chi connectivity index (χ0n) is 19.5. The SMILES string of the molecule is C=CCOc1ccc(C2C(C#N)=C(N)Oc3cc(OC(=O)COc4ccc([N+](=O)[O-])cc4)ccc32)cc1. The lowest BCUT2D eigenvalue weighted by Gasteiger charge is -2.26. The largest absolute Gasteiger partial charge is 0.490 e. The third kappa shape index (κ3) is 5.68. The summed E-state index contributed by atoms with van der Waals surface area (Å²) >= 11 is 0. The van der Waals surface area contributed by atoms with Gasteiger partial charge < -0.3 is 24.7 Å². The Kier molecular flexibility index (Phi) is 7.35. The minimum absolute atomic E-state index is 0.0445. The van der Waals surface area contributed by atoms with Gasteiger partial charge in [0.05, 0.1) is 10.8 Å². The number of carbonyl (C=O) groups is 1. The van der Waals surface area contributed by atoms with Crippen LogP contribution in [-0.4, -0.2) is 24.1 Å². The number of esters is 1. The smallest absolute Gasteiger partial charge is 0.349 e. The van der Waals surface area contributed by atoms with Gasteiger partial charge in [0.1, 0.15) is 41.2 Å². The fourth-order valence-electron chi connectivity index (χ4n) is 3.72. The van der Waals surface area contributed by atoms with Gasteiger partial charge in [0.2, 0.25) is 5.88 Å². The number of nitro groups is 1. The van der Waals surface area contributed by atoms with E-state index in [2.05, 4.69) is 12.6 Å². The predicted octanol–water partition coefficient (Wildman–Crippen LogP) is 4.36. The number of ether oxygens (including phenoxy) is 4. The molecule has 1 atom stereocenters. The molecule has 4 rings (SSSR count). The van der Waals surface area contributed by atoms with E-state index in [0.717, 1.165) is 5.56 Å². The number of benzene rings is 3. The zero-order valence-corrected chi connectivity index (χ0v) is 19.5. The number of carbonyl (C=O) groups excluding carboxylic acids is 1. The highest BCUT2D eigenvalue weighted by molar-refractivity contribution is 5.74. The van der Waals surface area contributed by atoms with Gasteiger partial charge in [0.15, 0.2) is 6.61 Å². The van der Waals surface area contributed by atoms with E-state index in [1.165, 1.54) is 30.3 Å². The Labute approximate surface area is 211 Å². The molecule has 0 saturated heterocycles. The molecule has 37 heavy (non-hydrogen) atoms. The van der Waals surface area contributed by atoms with E-state index >= 15 is 0 Å². The van der Waals surface area contributed by atoms with Crippen LogP contribution in [0.4, 0.5) is 5.69 Å². The molecule has 1 unspecified atom stereocenters. The molecule has 0 spiro atoms. The number of nitro benzene ring substituents is 1. The molecule has 10 heteroatoms. The van der Waals surface area contributed by atoms with Gasteiger partial charge in [0, 0.05) is 23.8 Å². The van der Waals surface area contributed by atoms with E-state index in [9.17, 15) is 20.2 Å². The third-order valence-electron chi connectivity index (χ3n) is 5.41. The number of fused-ring (bicyclic) bond motifs is 1. The molecule has 10 nitrogen and oxygen atoms in total. The monoisotopic (exact) mass is 499 g/mol. The number of nitrogens with two attached hydrogens (primary N) is 1. The number of hydrogen-bond donors (Lipinski definition) is 1. The summed E-state index contributed by atoms with van der Waals surface area (Å²) in [6.07, 6.45) is 1.64. The predicted molar refractivity (Wildman–Crippen MR) is 132 cm³/mol. The van der Waals surface area contributed by atoms with Crippen LogP contribution >= 0.6 is 0 Å². The summed E-state index contributed by atoms with van der Waals surface area (Å²) in [7, 11) is 0. The molecule has 0 radical (unpaired) electrons. The first kappa shape index (κ1) is 24.8. The Hall–Kier alpha value is -5.30. The molecule has 1 heterocycles. The minimum Gasteiger partial charge on any atom is -0.490 e. The van der Waals surface area contributed by atoms with Crippen LogP contribution in [0.3, 0.4) is 0 Å². The average molecular weight is 499 g/mol. The van der Waals surface area contributed by atoms with Crippen molar-refractivity contribution in [1.29, 1.82) is 5.26 Å². The van der Waals surface area contributed by atoms with Crippen molar-refractivity contribution < 1.29 is 28.7 Å². The van der Waals surface area contributed by atoms with E-state index in [1.807, 2.05) is 12.1 Å². The molecule has 0 aromatic heterocycles. The minimum atomic E-state index is -0.693. The lowest BCUT2D eigenvalue weighted by Crippen LogP contribution is -2.21. The number of non-ortho nitro benzene ring substituents is 1.